The van der Waals surface area contributed by atoms with Gasteiger partial charge in [0.05, 0.1) is 6.61 Å². The summed E-state index contributed by atoms with van der Waals surface area (Å²) in [5, 5.41) is 3.50. The fourth-order valence-electron chi connectivity index (χ4n) is 1.35. The van der Waals surface area contributed by atoms with Crippen LogP contribution in [-0.2, 0) is 4.74 Å². The SMILES string of the molecule is CC(C)(C)CNCCSCCCOCC(C)(C)C. The Labute approximate surface area is 119 Å². The molecule has 0 saturated carbocycles. The molecule has 0 aromatic heterocycles. The average molecular weight is 276 g/mol. The molecule has 0 aromatic carbocycles. The van der Waals surface area contributed by atoms with Crippen molar-refractivity contribution in [3.05, 3.63) is 0 Å². The highest BCUT2D eigenvalue weighted by atomic mass is 32.2. The van der Waals surface area contributed by atoms with Crippen molar-refractivity contribution in [1.29, 1.82) is 0 Å². The Bertz CT molecular complexity index is 172. The quantitative estimate of drug-likeness (QED) is 0.647. The smallest absolute Gasteiger partial charge is 0.0514 e. The molecule has 0 rings (SSSR count). The molecule has 0 bridgehead atoms. The predicted molar refractivity (Wildman–Crippen MR) is 84.5 cm³/mol. The third-order valence-electron chi connectivity index (χ3n) is 2.19. The van der Waals surface area contributed by atoms with Crippen LogP contribution in [0.15, 0.2) is 0 Å². The van der Waals surface area contributed by atoms with Gasteiger partial charge in [0.2, 0.25) is 0 Å². The molecule has 0 fully saturated rings. The monoisotopic (exact) mass is 275 g/mol. The van der Waals surface area contributed by atoms with E-state index in [-0.39, 0.29) is 0 Å². The first-order valence-electron chi connectivity index (χ1n) is 7.07. The van der Waals surface area contributed by atoms with Crippen LogP contribution in [0.1, 0.15) is 48.0 Å². The number of hydrogen-bond donors (Lipinski definition) is 1. The standard InChI is InChI=1S/C15H33NOS/c1-14(2,3)12-16-8-11-18-10-7-9-17-13-15(4,5)6/h16H,7-13H2,1-6H3. The van der Waals surface area contributed by atoms with E-state index in [1.54, 1.807) is 0 Å². The maximum atomic E-state index is 5.64. The summed E-state index contributed by atoms with van der Waals surface area (Å²) < 4.78 is 5.64. The zero-order chi connectivity index (χ0) is 14.1. The molecule has 0 saturated heterocycles. The Hall–Kier alpha value is 0.270. The van der Waals surface area contributed by atoms with Gasteiger partial charge in [0.1, 0.15) is 0 Å². The molecule has 0 heterocycles. The van der Waals surface area contributed by atoms with Crippen molar-refractivity contribution in [1.82, 2.24) is 5.32 Å². The predicted octanol–water partition coefficient (Wildman–Crippen LogP) is 3.81. The molecule has 1 N–H and O–H groups in total. The van der Waals surface area contributed by atoms with Gasteiger partial charge in [-0.1, -0.05) is 41.5 Å². The van der Waals surface area contributed by atoms with Crippen LogP contribution >= 0.6 is 11.8 Å². The summed E-state index contributed by atoms with van der Waals surface area (Å²) in [6, 6.07) is 0. The third-order valence-corrected chi connectivity index (χ3v) is 3.26. The van der Waals surface area contributed by atoms with E-state index in [9.17, 15) is 0 Å². The molecule has 0 aromatic rings. The van der Waals surface area contributed by atoms with E-state index in [2.05, 4.69) is 46.9 Å². The Morgan fingerprint density at radius 3 is 2.17 bits per heavy atom. The van der Waals surface area contributed by atoms with Crippen LogP contribution in [0.25, 0.3) is 0 Å². The van der Waals surface area contributed by atoms with Crippen LogP contribution in [0.3, 0.4) is 0 Å². The number of thioether (sulfide) groups is 1. The lowest BCUT2D eigenvalue weighted by molar-refractivity contribution is 0.0722. The van der Waals surface area contributed by atoms with Crippen molar-refractivity contribution in [2.24, 2.45) is 10.8 Å². The van der Waals surface area contributed by atoms with Crippen LogP contribution in [0.4, 0.5) is 0 Å². The summed E-state index contributed by atoms with van der Waals surface area (Å²) in [6.07, 6.45) is 1.17. The van der Waals surface area contributed by atoms with E-state index in [1.165, 1.54) is 17.9 Å². The van der Waals surface area contributed by atoms with Gasteiger partial charge in [-0.2, -0.15) is 11.8 Å². The van der Waals surface area contributed by atoms with E-state index in [4.69, 9.17) is 4.74 Å². The molecule has 110 valence electrons. The zero-order valence-corrected chi connectivity index (χ0v) is 14.1. The van der Waals surface area contributed by atoms with E-state index in [0.717, 1.165) is 26.3 Å². The minimum atomic E-state index is 0.296. The van der Waals surface area contributed by atoms with Crippen LogP contribution < -0.4 is 5.32 Å². The summed E-state index contributed by atoms with van der Waals surface area (Å²) in [5.74, 6) is 2.41. The highest BCUT2D eigenvalue weighted by molar-refractivity contribution is 7.99. The van der Waals surface area contributed by atoms with Crippen LogP contribution in [0.2, 0.25) is 0 Å². The topological polar surface area (TPSA) is 21.3 Å². The average Bonchev–Trinajstić information content (AvgIpc) is 2.17. The van der Waals surface area contributed by atoms with Gasteiger partial charge in [-0.15, -0.1) is 0 Å². The fourth-order valence-corrected chi connectivity index (χ4v) is 2.17. The van der Waals surface area contributed by atoms with Gasteiger partial charge in [0.25, 0.3) is 0 Å². The molecule has 0 radical (unpaired) electrons. The molecular weight excluding hydrogens is 242 g/mol. The molecule has 0 atom stereocenters. The molecule has 0 aliphatic carbocycles. The van der Waals surface area contributed by atoms with Crippen molar-refractivity contribution in [3.63, 3.8) is 0 Å². The summed E-state index contributed by atoms with van der Waals surface area (Å²) in [6.45, 7) is 17.4. The summed E-state index contributed by atoms with van der Waals surface area (Å²) in [7, 11) is 0. The molecule has 0 aliphatic heterocycles. The first-order chi connectivity index (χ1) is 8.21. The summed E-state index contributed by atoms with van der Waals surface area (Å²) >= 11 is 2.02. The zero-order valence-electron chi connectivity index (χ0n) is 13.3. The number of ether oxygens (including phenoxy) is 1. The first-order valence-corrected chi connectivity index (χ1v) is 8.22. The maximum absolute atomic E-state index is 5.64. The molecule has 0 amide bonds. The molecule has 18 heavy (non-hydrogen) atoms. The molecular formula is C15H33NOS. The molecule has 0 aliphatic rings. The highest BCUT2D eigenvalue weighted by Crippen LogP contribution is 2.13. The molecule has 2 nitrogen and oxygen atoms in total. The van der Waals surface area contributed by atoms with Gasteiger partial charge in [-0.05, 0) is 23.0 Å². The number of rotatable bonds is 9. The second kappa shape index (κ2) is 9.22. The van der Waals surface area contributed by atoms with Crippen LogP contribution in [-0.4, -0.2) is 37.8 Å². The van der Waals surface area contributed by atoms with Crippen LogP contribution in [0.5, 0.6) is 0 Å². The van der Waals surface area contributed by atoms with Crippen LogP contribution in [0, 0.1) is 10.8 Å². The Morgan fingerprint density at radius 2 is 1.61 bits per heavy atom. The van der Waals surface area contributed by atoms with E-state index in [1.807, 2.05) is 11.8 Å². The highest BCUT2D eigenvalue weighted by Gasteiger charge is 2.09. The first kappa shape index (κ1) is 18.3. The summed E-state index contributed by atoms with van der Waals surface area (Å²) in [4.78, 5) is 0. The maximum Gasteiger partial charge on any atom is 0.0514 e. The van der Waals surface area contributed by atoms with Crippen molar-refractivity contribution < 1.29 is 4.74 Å². The van der Waals surface area contributed by atoms with Gasteiger partial charge in [0.15, 0.2) is 0 Å². The van der Waals surface area contributed by atoms with E-state index in [0.29, 0.717) is 10.8 Å². The van der Waals surface area contributed by atoms with Gasteiger partial charge >= 0.3 is 0 Å². The molecule has 0 spiro atoms. The third kappa shape index (κ3) is 16.3. The normalized spacial score (nSPS) is 13.0. The Morgan fingerprint density at radius 1 is 0.944 bits per heavy atom. The minimum Gasteiger partial charge on any atom is -0.381 e. The number of hydrogen-bond acceptors (Lipinski definition) is 3. The summed E-state index contributed by atoms with van der Waals surface area (Å²) in [5.41, 5.74) is 0.690. The second-order valence-electron chi connectivity index (χ2n) is 7.32. The largest absolute Gasteiger partial charge is 0.381 e. The van der Waals surface area contributed by atoms with Crippen molar-refractivity contribution >= 4 is 11.8 Å². The van der Waals surface area contributed by atoms with Gasteiger partial charge in [-0.25, -0.2) is 0 Å². The van der Waals surface area contributed by atoms with Crippen molar-refractivity contribution in [2.75, 3.05) is 37.8 Å². The molecule has 0 unspecified atom stereocenters. The van der Waals surface area contributed by atoms with E-state index >= 15 is 0 Å². The van der Waals surface area contributed by atoms with E-state index < -0.39 is 0 Å². The lowest BCUT2D eigenvalue weighted by atomic mass is 9.97. The van der Waals surface area contributed by atoms with Gasteiger partial charge in [-0.3, -0.25) is 0 Å². The lowest BCUT2D eigenvalue weighted by Gasteiger charge is -2.18. The molecule has 3 heteroatoms. The van der Waals surface area contributed by atoms with Gasteiger partial charge in [0, 0.05) is 25.4 Å². The number of nitrogens with one attached hydrogen (secondary N) is 1. The van der Waals surface area contributed by atoms with Gasteiger partial charge < -0.3 is 10.1 Å². The van der Waals surface area contributed by atoms with Crippen molar-refractivity contribution in [2.45, 2.75) is 48.0 Å². The Balaban J connectivity index is 3.13. The Kier molecular flexibility index (Phi) is 9.36. The lowest BCUT2D eigenvalue weighted by Crippen LogP contribution is -2.28. The van der Waals surface area contributed by atoms with Crippen molar-refractivity contribution in [3.8, 4) is 0 Å². The fraction of sp³-hybridized carbons (Fsp3) is 1.00. The second-order valence-corrected chi connectivity index (χ2v) is 8.54. The minimum absolute atomic E-state index is 0.296.